The predicted molar refractivity (Wildman–Crippen MR) is 84.9 cm³/mol. The van der Waals surface area contributed by atoms with E-state index in [0.717, 1.165) is 6.42 Å². The van der Waals surface area contributed by atoms with Gasteiger partial charge in [-0.05, 0) is 0 Å². The van der Waals surface area contributed by atoms with Crippen LogP contribution in [0.4, 0.5) is 0 Å². The molecular formula is C20H19Cl3Ti. The van der Waals surface area contributed by atoms with E-state index in [-0.39, 0.29) is 40.9 Å². The average Bonchev–Trinajstić information content (AvgIpc) is 2.92. The molecule has 0 fully saturated rings. The summed E-state index contributed by atoms with van der Waals surface area (Å²) in [5.74, 6) is 0.361. The Labute approximate surface area is 175 Å². The van der Waals surface area contributed by atoms with E-state index < -0.39 is 0 Å². The van der Waals surface area contributed by atoms with E-state index in [9.17, 15) is 0 Å². The zero-order valence-corrected chi connectivity index (χ0v) is 17.3. The van der Waals surface area contributed by atoms with Gasteiger partial charge in [0.15, 0.2) is 0 Å². The summed E-state index contributed by atoms with van der Waals surface area (Å²) in [5.41, 5.74) is 4.20. The number of allylic oxidation sites excluding steroid dienone is 4. The van der Waals surface area contributed by atoms with Gasteiger partial charge in [0.1, 0.15) is 0 Å². The Morgan fingerprint density at radius 1 is 0.833 bits per heavy atom. The van der Waals surface area contributed by atoms with Gasteiger partial charge in [-0.3, -0.25) is 0 Å². The maximum Gasteiger partial charge on any atom is -1.00 e. The molecule has 2 aromatic carbocycles. The molecule has 0 aliphatic heterocycles. The summed E-state index contributed by atoms with van der Waals surface area (Å²) in [7, 11) is 0. The Morgan fingerprint density at radius 2 is 1.29 bits per heavy atom. The molecule has 124 valence electrons. The number of benzene rings is 2. The van der Waals surface area contributed by atoms with E-state index in [1.54, 1.807) is 0 Å². The van der Waals surface area contributed by atoms with Crippen LogP contribution < -0.4 is 37.2 Å². The quantitative estimate of drug-likeness (QED) is 0.456. The van der Waals surface area contributed by atoms with E-state index >= 15 is 0 Å². The van der Waals surface area contributed by atoms with Crippen LogP contribution in [0.1, 0.15) is 30.4 Å². The molecule has 1 atom stereocenters. The molecule has 1 aliphatic rings. The number of hydrogen-bond donors (Lipinski definition) is 0. The van der Waals surface area contributed by atoms with Gasteiger partial charge in [-0.2, -0.15) is 0 Å². The molecule has 1 aliphatic carbocycles. The molecule has 0 spiro atoms. The van der Waals surface area contributed by atoms with E-state index in [0.29, 0.717) is 5.92 Å². The molecule has 0 N–H and O–H groups in total. The molecule has 3 rings (SSSR count). The van der Waals surface area contributed by atoms with Gasteiger partial charge in [0.25, 0.3) is 0 Å². The van der Waals surface area contributed by atoms with Crippen molar-refractivity contribution in [3.05, 3.63) is 95.6 Å². The fourth-order valence-electron chi connectivity index (χ4n) is 3.08. The Bertz CT molecular complexity index is 628. The van der Waals surface area contributed by atoms with Gasteiger partial charge < -0.3 is 37.2 Å². The first-order chi connectivity index (χ1) is 10.2. The summed E-state index contributed by atoms with van der Waals surface area (Å²) in [6, 6.07) is 21.7. The monoisotopic (exact) mass is 412 g/mol. The maximum atomic E-state index is 2.44. The van der Waals surface area contributed by atoms with E-state index in [4.69, 9.17) is 0 Å². The number of halogens is 3. The second kappa shape index (κ2) is 10.5. The molecule has 0 amide bonds. The summed E-state index contributed by atoms with van der Waals surface area (Å²) in [6.45, 7) is 2.22. The Morgan fingerprint density at radius 3 is 1.67 bits per heavy atom. The second-order valence-electron chi connectivity index (χ2n) is 5.59. The van der Waals surface area contributed by atoms with Crippen molar-refractivity contribution in [1.29, 1.82) is 0 Å². The van der Waals surface area contributed by atoms with Crippen LogP contribution in [0.5, 0.6) is 0 Å². The Hall–Kier alpha value is -0.496. The van der Waals surface area contributed by atoms with Crippen LogP contribution in [0.25, 0.3) is 0 Å². The zero-order valence-electron chi connectivity index (χ0n) is 13.4. The average molecular weight is 414 g/mol. The Kier molecular flexibility index (Phi) is 10.3. The first-order valence-corrected chi connectivity index (χ1v) is 8.27. The molecule has 0 saturated heterocycles. The van der Waals surface area contributed by atoms with E-state index in [2.05, 4.69) is 106 Å². The number of hydrogen-bond acceptors (Lipinski definition) is 0. The minimum Gasteiger partial charge on any atom is -1.00 e. The standard InChI is InChI=1S/C20H19.3ClH.Ti/c1-2-16-13-14-19(15-16)20(17-9-5-3-6-10-17)18-11-7-4-8-12-18;;;;/h3-15,20H,2H2,1H3;3*1H;/q;;;;+3/p-3. The third kappa shape index (κ3) is 5.00. The van der Waals surface area contributed by atoms with Gasteiger partial charge in [0.05, 0.1) is 0 Å². The smallest absolute Gasteiger partial charge is 1.00 e. The molecule has 2 aromatic rings. The van der Waals surface area contributed by atoms with Crippen molar-refractivity contribution in [2.45, 2.75) is 23.0 Å². The normalized spacial score (nSPS) is 18.2. The third-order valence-electron chi connectivity index (χ3n) is 4.15. The summed E-state index contributed by atoms with van der Waals surface area (Å²) < 4.78 is 0.0497. The predicted octanol–water partition coefficient (Wildman–Crippen LogP) is -3.56. The van der Waals surface area contributed by atoms with Gasteiger partial charge in [-0.1, -0.05) is 0 Å². The van der Waals surface area contributed by atoms with Crippen molar-refractivity contribution in [1.82, 2.24) is 0 Å². The van der Waals surface area contributed by atoms with Crippen molar-refractivity contribution >= 4 is 0 Å². The van der Waals surface area contributed by atoms with Crippen LogP contribution in [0.2, 0.25) is 3.72 Å². The van der Waals surface area contributed by atoms with Crippen LogP contribution >= 0.6 is 0 Å². The molecular weight excluding hydrogens is 394 g/mol. The summed E-state index contributed by atoms with van der Waals surface area (Å²) in [5, 5.41) is 0. The van der Waals surface area contributed by atoms with Crippen molar-refractivity contribution in [3.8, 4) is 0 Å². The van der Waals surface area contributed by atoms with Crippen molar-refractivity contribution in [2.75, 3.05) is 0 Å². The molecule has 0 aromatic heterocycles. The Balaban J connectivity index is 0.00000176. The van der Waals surface area contributed by atoms with Crippen LogP contribution in [-0.4, -0.2) is 0 Å². The molecule has 24 heavy (non-hydrogen) atoms. The van der Waals surface area contributed by atoms with Gasteiger partial charge in [-0.25, -0.2) is 0 Å². The minimum absolute atomic E-state index is 0. The summed E-state index contributed by atoms with van der Waals surface area (Å²) >= 11 is 2.34. The fourth-order valence-corrected chi connectivity index (χ4v) is 4.02. The van der Waals surface area contributed by atoms with Gasteiger partial charge in [0, 0.05) is 0 Å². The summed E-state index contributed by atoms with van der Waals surface area (Å²) in [6.07, 6.45) is 8.20. The molecule has 1 unspecified atom stereocenters. The van der Waals surface area contributed by atoms with Gasteiger partial charge in [-0.15, -0.1) is 0 Å². The molecule has 0 heterocycles. The van der Waals surface area contributed by atoms with Crippen LogP contribution in [0.15, 0.2) is 84.5 Å². The summed E-state index contributed by atoms with van der Waals surface area (Å²) in [4.78, 5) is 0. The SMILES string of the molecule is CCC1=C[C]([Ti+3])(C(c2ccccc2)c2ccccc2)C=C1.[Cl-].[Cl-].[Cl-]. The van der Waals surface area contributed by atoms with Crippen LogP contribution in [-0.2, 0) is 20.4 Å². The second-order valence-corrected chi connectivity index (χ2v) is 6.95. The largest absolute Gasteiger partial charge is 1.00 e. The van der Waals surface area contributed by atoms with Gasteiger partial charge >= 0.3 is 139 Å². The molecule has 0 saturated carbocycles. The molecule has 0 bridgehead atoms. The van der Waals surface area contributed by atoms with Crippen LogP contribution in [0.3, 0.4) is 0 Å². The van der Waals surface area contributed by atoms with Crippen LogP contribution in [0, 0.1) is 0 Å². The first kappa shape index (κ1) is 23.5. The fraction of sp³-hybridized carbons (Fsp3) is 0.200. The topological polar surface area (TPSA) is 0 Å². The van der Waals surface area contributed by atoms with E-state index in [1.807, 2.05) is 0 Å². The number of rotatable bonds is 4. The minimum atomic E-state index is 0. The van der Waals surface area contributed by atoms with Gasteiger partial charge in [0.2, 0.25) is 0 Å². The molecule has 0 radical (unpaired) electrons. The molecule has 4 heteroatoms. The maximum absolute atomic E-state index is 2.44. The van der Waals surface area contributed by atoms with Crippen molar-refractivity contribution < 1.29 is 57.7 Å². The van der Waals surface area contributed by atoms with Crippen molar-refractivity contribution in [2.24, 2.45) is 0 Å². The van der Waals surface area contributed by atoms with Crippen molar-refractivity contribution in [3.63, 3.8) is 0 Å². The van der Waals surface area contributed by atoms with E-state index in [1.165, 1.54) is 16.7 Å². The first-order valence-electron chi connectivity index (χ1n) is 7.49. The third-order valence-corrected chi connectivity index (χ3v) is 5.09. The zero-order chi connectivity index (χ0) is 14.7. The molecule has 0 nitrogen and oxygen atoms in total.